The molecule has 0 aromatic carbocycles. The van der Waals surface area contributed by atoms with Crippen molar-refractivity contribution < 1.29 is 9.15 Å². The second-order valence-electron chi connectivity index (χ2n) is 4.79. The quantitative estimate of drug-likeness (QED) is 0.855. The molecule has 0 aliphatic carbocycles. The minimum atomic E-state index is 0.192. The van der Waals surface area contributed by atoms with Crippen LogP contribution in [0.25, 0.3) is 0 Å². The van der Waals surface area contributed by atoms with Crippen molar-refractivity contribution in [3.05, 3.63) is 23.7 Å². The van der Waals surface area contributed by atoms with Gasteiger partial charge in [0.25, 0.3) is 0 Å². The Morgan fingerprint density at radius 3 is 2.76 bits per heavy atom. The van der Waals surface area contributed by atoms with Gasteiger partial charge in [0.2, 0.25) is 0 Å². The van der Waals surface area contributed by atoms with Crippen LogP contribution in [0.2, 0.25) is 0 Å². The molecule has 0 radical (unpaired) electrons. The SMILES string of the molecule is CCNC(c1ccc(CC)o1)C1OCCC1C. The number of hydrogen-bond donors (Lipinski definition) is 1. The third-order valence-corrected chi connectivity index (χ3v) is 3.53. The normalized spacial score (nSPS) is 26.3. The molecule has 1 aliphatic rings. The molecular weight excluding hydrogens is 214 g/mol. The topological polar surface area (TPSA) is 34.4 Å². The van der Waals surface area contributed by atoms with Crippen LogP contribution in [0, 0.1) is 5.92 Å². The first-order valence-electron chi connectivity index (χ1n) is 6.69. The van der Waals surface area contributed by atoms with Crippen LogP contribution in [0.4, 0.5) is 0 Å². The lowest BCUT2D eigenvalue weighted by molar-refractivity contribution is 0.0540. The van der Waals surface area contributed by atoms with Crippen LogP contribution in [-0.2, 0) is 11.2 Å². The minimum absolute atomic E-state index is 0.192. The Balaban J connectivity index is 2.15. The van der Waals surface area contributed by atoms with Crippen LogP contribution in [0.15, 0.2) is 16.5 Å². The highest BCUT2D eigenvalue weighted by Crippen LogP contribution is 2.32. The van der Waals surface area contributed by atoms with Crippen LogP contribution >= 0.6 is 0 Å². The summed E-state index contributed by atoms with van der Waals surface area (Å²) < 4.78 is 11.7. The van der Waals surface area contributed by atoms with Crippen LogP contribution in [-0.4, -0.2) is 19.3 Å². The average molecular weight is 237 g/mol. The molecule has 3 atom stereocenters. The predicted octanol–water partition coefficient (Wildman–Crippen LogP) is 2.92. The van der Waals surface area contributed by atoms with E-state index in [2.05, 4.69) is 38.2 Å². The molecule has 3 unspecified atom stereocenters. The third-order valence-electron chi connectivity index (χ3n) is 3.53. The molecule has 1 aromatic rings. The molecule has 1 fully saturated rings. The lowest BCUT2D eigenvalue weighted by atomic mass is 9.96. The van der Waals surface area contributed by atoms with E-state index in [0.29, 0.717) is 5.92 Å². The molecule has 1 aliphatic heterocycles. The van der Waals surface area contributed by atoms with Crippen molar-refractivity contribution in [2.24, 2.45) is 5.92 Å². The van der Waals surface area contributed by atoms with Gasteiger partial charge in [-0.05, 0) is 31.0 Å². The van der Waals surface area contributed by atoms with Crippen molar-refractivity contribution in [2.45, 2.75) is 45.8 Å². The molecule has 96 valence electrons. The maximum Gasteiger partial charge on any atom is 0.123 e. The molecule has 0 saturated carbocycles. The van der Waals surface area contributed by atoms with Crippen LogP contribution < -0.4 is 5.32 Å². The van der Waals surface area contributed by atoms with E-state index in [1.54, 1.807) is 0 Å². The van der Waals surface area contributed by atoms with Gasteiger partial charge in [0.1, 0.15) is 11.5 Å². The molecule has 0 amide bonds. The van der Waals surface area contributed by atoms with Gasteiger partial charge >= 0.3 is 0 Å². The fourth-order valence-electron chi connectivity index (χ4n) is 2.49. The number of rotatable bonds is 5. The van der Waals surface area contributed by atoms with Gasteiger partial charge in [0.05, 0.1) is 12.1 Å². The summed E-state index contributed by atoms with van der Waals surface area (Å²) in [4.78, 5) is 0. The van der Waals surface area contributed by atoms with Crippen LogP contribution in [0.5, 0.6) is 0 Å². The van der Waals surface area contributed by atoms with Gasteiger partial charge in [0.15, 0.2) is 0 Å². The van der Waals surface area contributed by atoms with Gasteiger partial charge < -0.3 is 14.5 Å². The summed E-state index contributed by atoms with van der Waals surface area (Å²) in [7, 11) is 0. The Morgan fingerprint density at radius 1 is 1.41 bits per heavy atom. The first-order valence-corrected chi connectivity index (χ1v) is 6.69. The predicted molar refractivity (Wildman–Crippen MR) is 68.0 cm³/mol. The smallest absolute Gasteiger partial charge is 0.123 e. The van der Waals surface area contributed by atoms with Gasteiger partial charge in [0, 0.05) is 13.0 Å². The Hall–Kier alpha value is -0.800. The monoisotopic (exact) mass is 237 g/mol. The van der Waals surface area contributed by atoms with E-state index in [1.165, 1.54) is 0 Å². The third kappa shape index (κ3) is 2.72. The molecule has 1 N–H and O–H groups in total. The van der Waals surface area contributed by atoms with Gasteiger partial charge in [-0.2, -0.15) is 0 Å². The first-order chi connectivity index (χ1) is 8.26. The molecule has 1 aromatic heterocycles. The first kappa shape index (κ1) is 12.7. The molecule has 0 bridgehead atoms. The second-order valence-corrected chi connectivity index (χ2v) is 4.79. The molecule has 17 heavy (non-hydrogen) atoms. The second kappa shape index (κ2) is 5.69. The largest absolute Gasteiger partial charge is 0.464 e. The summed E-state index contributed by atoms with van der Waals surface area (Å²) >= 11 is 0. The maximum atomic E-state index is 5.87. The molecule has 3 heteroatoms. The van der Waals surface area contributed by atoms with Crippen molar-refractivity contribution in [1.29, 1.82) is 0 Å². The van der Waals surface area contributed by atoms with E-state index in [-0.39, 0.29) is 12.1 Å². The van der Waals surface area contributed by atoms with Crippen LogP contribution in [0.3, 0.4) is 0 Å². The maximum absolute atomic E-state index is 5.87. The lowest BCUT2D eigenvalue weighted by Gasteiger charge is -2.25. The molecule has 1 saturated heterocycles. The Morgan fingerprint density at radius 2 is 2.24 bits per heavy atom. The van der Waals surface area contributed by atoms with Gasteiger partial charge in [-0.3, -0.25) is 0 Å². The highest BCUT2D eigenvalue weighted by atomic mass is 16.5. The van der Waals surface area contributed by atoms with Gasteiger partial charge in [-0.15, -0.1) is 0 Å². The number of furan rings is 1. The standard InChI is InChI=1S/C14H23NO2/c1-4-11-6-7-12(17-11)13(15-5-2)14-10(3)8-9-16-14/h6-7,10,13-15H,4-5,8-9H2,1-3H3. The zero-order valence-electron chi connectivity index (χ0n) is 11.0. The van der Waals surface area contributed by atoms with E-state index in [4.69, 9.17) is 9.15 Å². The Labute approximate surface area is 104 Å². The molecule has 2 heterocycles. The van der Waals surface area contributed by atoms with E-state index >= 15 is 0 Å². The van der Waals surface area contributed by atoms with E-state index < -0.39 is 0 Å². The lowest BCUT2D eigenvalue weighted by Crippen LogP contribution is -2.34. The summed E-state index contributed by atoms with van der Waals surface area (Å²) in [5, 5.41) is 3.49. The highest BCUT2D eigenvalue weighted by molar-refractivity contribution is 5.13. The van der Waals surface area contributed by atoms with Gasteiger partial charge in [-0.1, -0.05) is 20.8 Å². The van der Waals surface area contributed by atoms with E-state index in [9.17, 15) is 0 Å². The molecule has 2 rings (SSSR count). The van der Waals surface area contributed by atoms with E-state index in [0.717, 1.165) is 37.5 Å². The van der Waals surface area contributed by atoms with Crippen molar-refractivity contribution >= 4 is 0 Å². The van der Waals surface area contributed by atoms with Crippen molar-refractivity contribution in [2.75, 3.05) is 13.2 Å². The summed E-state index contributed by atoms with van der Waals surface area (Å²) in [5.74, 6) is 2.66. The number of nitrogens with one attached hydrogen (secondary N) is 1. The number of hydrogen-bond acceptors (Lipinski definition) is 3. The van der Waals surface area contributed by atoms with E-state index in [1.807, 2.05) is 0 Å². The zero-order chi connectivity index (χ0) is 12.3. The minimum Gasteiger partial charge on any atom is -0.464 e. The molecule has 0 spiro atoms. The Kier molecular flexibility index (Phi) is 4.24. The fourth-order valence-corrected chi connectivity index (χ4v) is 2.49. The fraction of sp³-hybridized carbons (Fsp3) is 0.714. The molecular formula is C14H23NO2. The van der Waals surface area contributed by atoms with Crippen molar-refractivity contribution in [3.8, 4) is 0 Å². The highest BCUT2D eigenvalue weighted by Gasteiger charge is 2.34. The van der Waals surface area contributed by atoms with Gasteiger partial charge in [-0.25, -0.2) is 0 Å². The summed E-state index contributed by atoms with van der Waals surface area (Å²) in [5.41, 5.74) is 0. The number of ether oxygens (including phenoxy) is 1. The summed E-state index contributed by atoms with van der Waals surface area (Å²) in [6, 6.07) is 4.35. The number of aryl methyl sites for hydroxylation is 1. The van der Waals surface area contributed by atoms with Crippen molar-refractivity contribution in [1.82, 2.24) is 5.32 Å². The van der Waals surface area contributed by atoms with Crippen molar-refractivity contribution in [3.63, 3.8) is 0 Å². The summed E-state index contributed by atoms with van der Waals surface area (Å²) in [6.45, 7) is 8.29. The molecule has 3 nitrogen and oxygen atoms in total. The zero-order valence-corrected chi connectivity index (χ0v) is 11.0. The average Bonchev–Trinajstić information content (AvgIpc) is 2.95. The van der Waals surface area contributed by atoms with Crippen LogP contribution in [0.1, 0.15) is 44.8 Å². The Bertz CT molecular complexity index is 348. The summed E-state index contributed by atoms with van der Waals surface area (Å²) in [6.07, 6.45) is 2.33. The number of likely N-dealkylation sites (N-methyl/N-ethyl adjacent to an activating group) is 1.